The van der Waals surface area contributed by atoms with E-state index in [1.54, 1.807) is 24.8 Å². The number of rotatable bonds is 5. The highest BCUT2D eigenvalue weighted by Gasteiger charge is 2.12. The van der Waals surface area contributed by atoms with Crippen molar-refractivity contribution in [1.29, 1.82) is 5.41 Å². The molecule has 2 rings (SSSR count). The Kier molecular flexibility index (Phi) is 4.78. The van der Waals surface area contributed by atoms with Gasteiger partial charge in [-0.1, -0.05) is 18.2 Å². The summed E-state index contributed by atoms with van der Waals surface area (Å²) in [6.45, 7) is 1.84. The smallest absolute Gasteiger partial charge is 0.0821 e. The fourth-order valence-electron chi connectivity index (χ4n) is 1.83. The van der Waals surface area contributed by atoms with Crippen LogP contribution in [-0.4, -0.2) is 17.4 Å². The first kappa shape index (κ1) is 13.7. The van der Waals surface area contributed by atoms with Crippen LogP contribution < -0.4 is 4.90 Å². The van der Waals surface area contributed by atoms with E-state index in [4.69, 9.17) is 5.41 Å². The number of nitrogens with one attached hydrogen (secondary N) is 1. The molecule has 0 saturated heterocycles. The highest BCUT2D eigenvalue weighted by Crippen LogP contribution is 2.28. The maximum absolute atomic E-state index is 7.64. The number of para-hydroxylation sites is 1. The number of aromatic nitrogens is 1. The largest absolute Gasteiger partial charge is 0.307 e. The number of pyridine rings is 1. The molecule has 4 nitrogen and oxygen atoms in total. The van der Waals surface area contributed by atoms with Gasteiger partial charge in [-0.15, -0.1) is 0 Å². The maximum atomic E-state index is 7.64. The van der Waals surface area contributed by atoms with Gasteiger partial charge in [0.15, 0.2) is 0 Å². The molecule has 1 aromatic heterocycles. The van der Waals surface area contributed by atoms with E-state index in [1.807, 2.05) is 54.3 Å². The Morgan fingerprint density at radius 3 is 2.35 bits per heavy atom. The first-order chi connectivity index (χ1) is 9.86. The van der Waals surface area contributed by atoms with E-state index in [-0.39, 0.29) is 0 Å². The third kappa shape index (κ3) is 3.17. The second kappa shape index (κ2) is 6.99. The zero-order chi connectivity index (χ0) is 14.2. The monoisotopic (exact) mass is 264 g/mol. The molecule has 1 aromatic carbocycles. The molecule has 4 heteroatoms. The molecular weight excluding hydrogens is 248 g/mol. The lowest BCUT2D eigenvalue weighted by Gasteiger charge is -2.24. The molecule has 0 unspecified atom stereocenters. The summed E-state index contributed by atoms with van der Waals surface area (Å²) < 4.78 is 0. The van der Waals surface area contributed by atoms with Crippen LogP contribution in [0, 0.1) is 5.41 Å². The van der Waals surface area contributed by atoms with Crippen LogP contribution in [0.25, 0.3) is 0 Å². The molecule has 1 heterocycles. The van der Waals surface area contributed by atoms with Crippen molar-refractivity contribution in [2.75, 3.05) is 4.90 Å². The number of allylic oxidation sites excluding steroid dienone is 1. The number of aliphatic imine (C=N–C) groups is 1. The average molecular weight is 264 g/mol. The molecule has 0 bridgehead atoms. The average Bonchev–Trinajstić information content (AvgIpc) is 2.53. The fourth-order valence-corrected chi connectivity index (χ4v) is 1.83. The highest BCUT2D eigenvalue weighted by molar-refractivity contribution is 5.87. The molecule has 0 spiro atoms. The second-order valence-corrected chi connectivity index (χ2v) is 3.98. The van der Waals surface area contributed by atoms with E-state index in [9.17, 15) is 0 Å². The minimum atomic E-state index is 0.681. The van der Waals surface area contributed by atoms with Gasteiger partial charge >= 0.3 is 0 Å². The van der Waals surface area contributed by atoms with Crippen molar-refractivity contribution in [1.82, 2.24) is 4.98 Å². The van der Waals surface area contributed by atoms with E-state index < -0.39 is 0 Å². The topological polar surface area (TPSA) is 52.3 Å². The molecule has 0 atom stereocenters. The van der Waals surface area contributed by atoms with Crippen molar-refractivity contribution in [3.63, 3.8) is 0 Å². The van der Waals surface area contributed by atoms with Gasteiger partial charge in [-0.3, -0.25) is 9.98 Å². The molecule has 2 aromatic rings. The quantitative estimate of drug-likeness (QED) is 0.835. The summed E-state index contributed by atoms with van der Waals surface area (Å²) in [7, 11) is 0. The molecule has 0 radical (unpaired) electrons. The van der Waals surface area contributed by atoms with Crippen LogP contribution in [0.4, 0.5) is 11.4 Å². The predicted molar refractivity (Wildman–Crippen MR) is 83.9 cm³/mol. The summed E-state index contributed by atoms with van der Waals surface area (Å²) in [5, 5.41) is 7.64. The molecule has 0 aliphatic carbocycles. The lowest BCUT2D eigenvalue weighted by molar-refractivity contribution is 1.20. The first-order valence-corrected chi connectivity index (χ1v) is 6.30. The minimum Gasteiger partial charge on any atom is -0.307 e. The summed E-state index contributed by atoms with van der Waals surface area (Å²) in [5.74, 6) is 0. The summed E-state index contributed by atoms with van der Waals surface area (Å²) in [5.41, 5.74) is 2.59. The van der Waals surface area contributed by atoms with Crippen molar-refractivity contribution in [2.45, 2.75) is 6.92 Å². The summed E-state index contributed by atoms with van der Waals surface area (Å²) >= 11 is 0. The number of nitrogens with zero attached hydrogens (tertiary/aromatic N) is 3. The number of benzene rings is 1. The van der Waals surface area contributed by atoms with Crippen LogP contribution in [0.3, 0.4) is 0 Å². The SMILES string of the molecule is CC=N/C=C(\C=N)N(c1ccccc1)c1ccncc1. The van der Waals surface area contributed by atoms with Crippen molar-refractivity contribution < 1.29 is 0 Å². The Morgan fingerprint density at radius 2 is 1.75 bits per heavy atom. The van der Waals surface area contributed by atoms with Crippen molar-refractivity contribution >= 4 is 23.8 Å². The predicted octanol–water partition coefficient (Wildman–Crippen LogP) is 3.80. The van der Waals surface area contributed by atoms with Gasteiger partial charge in [-0.25, -0.2) is 0 Å². The first-order valence-electron chi connectivity index (χ1n) is 6.30. The molecule has 0 aliphatic heterocycles. The van der Waals surface area contributed by atoms with Crippen molar-refractivity contribution in [3.8, 4) is 0 Å². The molecular formula is C16H16N4. The van der Waals surface area contributed by atoms with Crippen LogP contribution in [0.1, 0.15) is 6.92 Å². The van der Waals surface area contributed by atoms with Crippen LogP contribution in [0.5, 0.6) is 0 Å². The Balaban J connectivity index is 2.52. The zero-order valence-corrected chi connectivity index (χ0v) is 11.3. The van der Waals surface area contributed by atoms with Gasteiger partial charge in [0.1, 0.15) is 0 Å². The van der Waals surface area contributed by atoms with E-state index in [1.165, 1.54) is 6.21 Å². The number of hydrogen-bond acceptors (Lipinski definition) is 4. The maximum Gasteiger partial charge on any atom is 0.0821 e. The van der Waals surface area contributed by atoms with Crippen molar-refractivity contribution in [2.24, 2.45) is 4.99 Å². The third-order valence-electron chi connectivity index (χ3n) is 2.70. The normalized spacial score (nSPS) is 11.6. The Morgan fingerprint density at radius 1 is 1.10 bits per heavy atom. The minimum absolute atomic E-state index is 0.681. The summed E-state index contributed by atoms with van der Waals surface area (Å²) in [6, 6.07) is 13.7. The van der Waals surface area contributed by atoms with E-state index in [2.05, 4.69) is 9.98 Å². The molecule has 1 N–H and O–H groups in total. The fraction of sp³-hybridized carbons (Fsp3) is 0.0625. The van der Waals surface area contributed by atoms with Gasteiger partial charge in [-0.05, 0) is 31.2 Å². The Hall–Kier alpha value is -2.75. The second-order valence-electron chi connectivity index (χ2n) is 3.98. The molecule has 0 fully saturated rings. The zero-order valence-electron chi connectivity index (χ0n) is 11.3. The van der Waals surface area contributed by atoms with E-state index >= 15 is 0 Å². The molecule has 20 heavy (non-hydrogen) atoms. The van der Waals surface area contributed by atoms with Gasteiger partial charge < -0.3 is 10.3 Å². The summed E-state index contributed by atoms with van der Waals surface area (Å²) in [4.78, 5) is 10.1. The lowest BCUT2D eigenvalue weighted by atomic mass is 10.2. The molecule has 0 saturated carbocycles. The van der Waals surface area contributed by atoms with Crippen LogP contribution in [-0.2, 0) is 0 Å². The van der Waals surface area contributed by atoms with Gasteiger partial charge in [0.2, 0.25) is 0 Å². The van der Waals surface area contributed by atoms with Crippen molar-refractivity contribution in [3.05, 3.63) is 66.8 Å². The molecule has 0 aliphatic rings. The molecule has 0 amide bonds. The highest BCUT2D eigenvalue weighted by atomic mass is 15.2. The van der Waals surface area contributed by atoms with Gasteiger partial charge in [0.25, 0.3) is 0 Å². The number of hydrogen-bond donors (Lipinski definition) is 1. The third-order valence-corrected chi connectivity index (χ3v) is 2.70. The lowest BCUT2D eigenvalue weighted by Crippen LogP contribution is -2.17. The van der Waals surface area contributed by atoms with E-state index in [0.29, 0.717) is 5.70 Å². The summed E-state index contributed by atoms with van der Waals surface area (Å²) in [6.07, 6.45) is 8.12. The Labute approximate surface area is 118 Å². The van der Waals surface area contributed by atoms with Gasteiger partial charge in [0, 0.05) is 36.2 Å². The Bertz CT molecular complexity index is 563. The number of anilines is 2. The van der Waals surface area contributed by atoms with Gasteiger partial charge in [-0.2, -0.15) is 0 Å². The molecule has 100 valence electrons. The standard InChI is InChI=1S/C16H16N4/c1-2-18-13-16(12-17)20(14-6-4-3-5-7-14)15-8-10-19-11-9-15/h2-13,17H,1H3/b16-13+,17-12?,18-2?. The van der Waals surface area contributed by atoms with Crippen LogP contribution in [0.15, 0.2) is 71.7 Å². The van der Waals surface area contributed by atoms with Gasteiger partial charge in [0.05, 0.1) is 11.9 Å². The van der Waals surface area contributed by atoms with E-state index in [0.717, 1.165) is 11.4 Å². The van der Waals surface area contributed by atoms with Crippen LogP contribution in [0.2, 0.25) is 0 Å². The van der Waals surface area contributed by atoms with Crippen LogP contribution >= 0.6 is 0 Å².